The number of carbonyl (C=O) groups excluding carboxylic acids is 1. The number of methoxy groups -OCH3 is 1. The molecule has 112 valence electrons. The molecule has 0 aromatic carbocycles. The highest BCUT2D eigenvalue weighted by Crippen LogP contribution is 2.32. The molecule has 0 aromatic rings. The summed E-state index contributed by atoms with van der Waals surface area (Å²) in [7, 11) is 1.70. The van der Waals surface area contributed by atoms with Crippen LogP contribution in [0.3, 0.4) is 0 Å². The Balaban J connectivity index is 0.00000180. The zero-order valence-electron chi connectivity index (χ0n) is 11.7. The Morgan fingerprint density at radius 3 is 2.74 bits per heavy atom. The Morgan fingerprint density at radius 1 is 1.32 bits per heavy atom. The lowest BCUT2D eigenvalue weighted by atomic mass is 9.78. The van der Waals surface area contributed by atoms with Gasteiger partial charge in [-0.1, -0.05) is 0 Å². The van der Waals surface area contributed by atoms with Crippen LogP contribution in [-0.2, 0) is 9.53 Å². The largest absolute Gasteiger partial charge is 0.384 e. The molecule has 6 heteroatoms. The van der Waals surface area contributed by atoms with E-state index >= 15 is 0 Å². The van der Waals surface area contributed by atoms with E-state index < -0.39 is 0 Å². The van der Waals surface area contributed by atoms with E-state index in [2.05, 4.69) is 10.2 Å². The van der Waals surface area contributed by atoms with Gasteiger partial charge in [-0.15, -0.1) is 12.4 Å². The Kier molecular flexibility index (Phi) is 7.50. The van der Waals surface area contributed by atoms with Gasteiger partial charge in [0, 0.05) is 26.0 Å². The second-order valence-corrected chi connectivity index (χ2v) is 6.45. The fraction of sp³-hybridized carbons (Fsp3) is 0.923. The van der Waals surface area contributed by atoms with Gasteiger partial charge in [-0.2, -0.15) is 11.8 Å². The van der Waals surface area contributed by atoms with E-state index in [1.165, 1.54) is 5.75 Å². The Morgan fingerprint density at radius 2 is 2.05 bits per heavy atom. The summed E-state index contributed by atoms with van der Waals surface area (Å²) >= 11 is 1.96. The van der Waals surface area contributed by atoms with Gasteiger partial charge in [0.05, 0.1) is 12.0 Å². The highest BCUT2D eigenvalue weighted by Gasteiger charge is 2.42. The molecule has 2 fully saturated rings. The summed E-state index contributed by atoms with van der Waals surface area (Å²) in [4.78, 5) is 14.9. The number of carbonyl (C=O) groups is 1. The number of nitrogens with one attached hydrogen (secondary N) is 1. The summed E-state index contributed by atoms with van der Waals surface area (Å²) in [6.45, 7) is 4.25. The number of hydrogen-bond donors (Lipinski definition) is 1. The number of hydrogen-bond acceptors (Lipinski definition) is 4. The highest BCUT2D eigenvalue weighted by atomic mass is 35.5. The summed E-state index contributed by atoms with van der Waals surface area (Å²) in [5, 5.41) is 3.34. The van der Waals surface area contributed by atoms with Crippen molar-refractivity contribution < 1.29 is 9.53 Å². The van der Waals surface area contributed by atoms with Crippen LogP contribution in [0.1, 0.15) is 19.3 Å². The minimum absolute atomic E-state index is 0. The fourth-order valence-electron chi connectivity index (χ4n) is 2.89. The molecule has 0 aliphatic carbocycles. The Bertz CT molecular complexity index is 272. The van der Waals surface area contributed by atoms with E-state index in [0.717, 1.165) is 51.2 Å². The number of halogens is 1. The Hall–Kier alpha value is 0.0300. The quantitative estimate of drug-likeness (QED) is 0.855. The Labute approximate surface area is 126 Å². The molecule has 0 bridgehead atoms. The van der Waals surface area contributed by atoms with Gasteiger partial charge in [-0.25, -0.2) is 0 Å². The molecule has 0 spiro atoms. The molecule has 0 saturated carbocycles. The summed E-state index contributed by atoms with van der Waals surface area (Å²) in [5.74, 6) is 2.59. The molecule has 0 radical (unpaired) electrons. The fourth-order valence-corrected chi connectivity index (χ4v) is 3.77. The van der Waals surface area contributed by atoms with Crippen LogP contribution in [0.25, 0.3) is 0 Å². The molecule has 1 N–H and O–H groups in total. The lowest BCUT2D eigenvalue weighted by Gasteiger charge is -2.39. The van der Waals surface area contributed by atoms with Crippen LogP contribution >= 0.6 is 24.2 Å². The number of amides is 1. The predicted octanol–water partition coefficient (Wildman–Crippen LogP) is 1.39. The van der Waals surface area contributed by atoms with Gasteiger partial charge in [0.1, 0.15) is 0 Å². The van der Waals surface area contributed by atoms with Crippen molar-refractivity contribution in [3.8, 4) is 0 Å². The van der Waals surface area contributed by atoms with Crippen molar-refractivity contribution in [1.82, 2.24) is 10.2 Å². The lowest BCUT2D eigenvalue weighted by Crippen LogP contribution is -2.52. The van der Waals surface area contributed by atoms with Gasteiger partial charge in [0.2, 0.25) is 5.91 Å². The summed E-state index contributed by atoms with van der Waals surface area (Å²) in [5.41, 5.74) is -0.269. The zero-order chi connectivity index (χ0) is 12.8. The molecular weight excluding hydrogens is 284 g/mol. The van der Waals surface area contributed by atoms with Crippen LogP contribution in [0, 0.1) is 5.41 Å². The molecule has 2 rings (SSSR count). The molecule has 0 aromatic heterocycles. The SMILES string of the molecule is COCC1(C(=O)N2CCCSCC2)CCNCC1.Cl. The first-order valence-corrected chi connectivity index (χ1v) is 8.01. The second kappa shape index (κ2) is 8.35. The molecule has 0 unspecified atom stereocenters. The molecule has 1 amide bonds. The smallest absolute Gasteiger partial charge is 0.231 e. The molecular formula is C13H25ClN2O2S. The average Bonchev–Trinajstić information content (AvgIpc) is 2.68. The van der Waals surface area contributed by atoms with E-state index in [1.54, 1.807) is 7.11 Å². The number of thioether (sulfide) groups is 1. The minimum atomic E-state index is -0.269. The molecule has 19 heavy (non-hydrogen) atoms. The van der Waals surface area contributed by atoms with Crippen molar-refractivity contribution in [3.63, 3.8) is 0 Å². The van der Waals surface area contributed by atoms with Crippen molar-refractivity contribution in [3.05, 3.63) is 0 Å². The predicted molar refractivity (Wildman–Crippen MR) is 82.2 cm³/mol. The van der Waals surface area contributed by atoms with E-state index in [1.807, 2.05) is 11.8 Å². The maximum atomic E-state index is 12.8. The van der Waals surface area contributed by atoms with Crippen molar-refractivity contribution in [1.29, 1.82) is 0 Å². The third kappa shape index (κ3) is 4.25. The van der Waals surface area contributed by atoms with E-state index in [4.69, 9.17) is 4.74 Å². The summed E-state index contributed by atoms with van der Waals surface area (Å²) < 4.78 is 5.35. The first-order valence-electron chi connectivity index (χ1n) is 6.85. The molecule has 2 aliphatic rings. The maximum absolute atomic E-state index is 12.8. The van der Waals surface area contributed by atoms with E-state index in [-0.39, 0.29) is 17.8 Å². The first kappa shape index (κ1) is 17.1. The van der Waals surface area contributed by atoms with Gasteiger partial charge in [-0.3, -0.25) is 4.79 Å². The standard InChI is InChI=1S/C13H24N2O2S.ClH/c1-17-11-13(3-5-14-6-4-13)12(16)15-7-2-9-18-10-8-15;/h14H,2-11H2,1H3;1H. The van der Waals surface area contributed by atoms with Crippen LogP contribution in [0.15, 0.2) is 0 Å². The minimum Gasteiger partial charge on any atom is -0.384 e. The third-order valence-electron chi connectivity index (χ3n) is 3.94. The summed E-state index contributed by atoms with van der Waals surface area (Å²) in [6, 6.07) is 0. The highest BCUT2D eigenvalue weighted by molar-refractivity contribution is 7.99. The monoisotopic (exact) mass is 308 g/mol. The van der Waals surface area contributed by atoms with Gasteiger partial charge < -0.3 is 15.0 Å². The van der Waals surface area contributed by atoms with Crippen molar-refractivity contribution in [2.75, 3.05) is 51.4 Å². The van der Waals surface area contributed by atoms with Crippen LogP contribution < -0.4 is 5.32 Å². The molecule has 2 saturated heterocycles. The number of ether oxygens (including phenoxy) is 1. The van der Waals surface area contributed by atoms with Gasteiger partial charge in [-0.05, 0) is 38.1 Å². The zero-order valence-corrected chi connectivity index (χ0v) is 13.3. The molecule has 2 aliphatic heterocycles. The number of piperidine rings is 1. The molecule has 2 heterocycles. The lowest BCUT2D eigenvalue weighted by molar-refractivity contribution is -0.147. The van der Waals surface area contributed by atoms with E-state index in [9.17, 15) is 4.79 Å². The number of rotatable bonds is 3. The number of nitrogens with zero attached hydrogens (tertiary/aromatic N) is 1. The third-order valence-corrected chi connectivity index (χ3v) is 4.99. The van der Waals surface area contributed by atoms with Crippen LogP contribution in [0.4, 0.5) is 0 Å². The van der Waals surface area contributed by atoms with Crippen LogP contribution in [0.5, 0.6) is 0 Å². The van der Waals surface area contributed by atoms with Gasteiger partial charge in [0.15, 0.2) is 0 Å². The molecule has 4 nitrogen and oxygen atoms in total. The van der Waals surface area contributed by atoms with Crippen LogP contribution in [0.2, 0.25) is 0 Å². The normalized spacial score (nSPS) is 23.3. The summed E-state index contributed by atoms with van der Waals surface area (Å²) in [6.07, 6.45) is 2.93. The topological polar surface area (TPSA) is 41.6 Å². The first-order chi connectivity index (χ1) is 8.78. The van der Waals surface area contributed by atoms with Gasteiger partial charge >= 0.3 is 0 Å². The molecule has 0 atom stereocenters. The van der Waals surface area contributed by atoms with Crippen molar-refractivity contribution in [2.24, 2.45) is 5.41 Å². The van der Waals surface area contributed by atoms with Gasteiger partial charge in [0.25, 0.3) is 0 Å². The van der Waals surface area contributed by atoms with Crippen molar-refractivity contribution in [2.45, 2.75) is 19.3 Å². The van der Waals surface area contributed by atoms with Crippen molar-refractivity contribution >= 4 is 30.1 Å². The van der Waals surface area contributed by atoms with Crippen LogP contribution in [-0.4, -0.2) is 62.2 Å². The maximum Gasteiger partial charge on any atom is 0.231 e. The second-order valence-electron chi connectivity index (χ2n) is 5.22. The average molecular weight is 309 g/mol. The van der Waals surface area contributed by atoms with E-state index in [0.29, 0.717) is 12.5 Å².